The Bertz CT molecular complexity index is 1270. The van der Waals surface area contributed by atoms with E-state index in [0.717, 1.165) is 36.8 Å². The molecule has 4 rings (SSSR count). The van der Waals surface area contributed by atoms with Gasteiger partial charge in [0.15, 0.2) is 17.5 Å². The second-order valence-electron chi connectivity index (χ2n) is 9.01. The summed E-state index contributed by atoms with van der Waals surface area (Å²) in [7, 11) is 0. The van der Waals surface area contributed by atoms with Crippen LogP contribution in [0.3, 0.4) is 0 Å². The van der Waals surface area contributed by atoms with Gasteiger partial charge in [-0.25, -0.2) is 15.0 Å². The molecule has 7 nitrogen and oxygen atoms in total. The number of carbonyl (C=O) groups is 1. The molecule has 7 heteroatoms. The van der Waals surface area contributed by atoms with E-state index in [4.69, 9.17) is 9.47 Å². The number of aromatic hydroxyl groups is 1. The molecule has 0 fully saturated rings. The van der Waals surface area contributed by atoms with Gasteiger partial charge in [-0.2, -0.15) is 0 Å². The van der Waals surface area contributed by atoms with Crippen LogP contribution >= 0.6 is 0 Å². The number of hydrogen-bond donors (Lipinski definition) is 1. The van der Waals surface area contributed by atoms with Gasteiger partial charge in [0.1, 0.15) is 24.7 Å². The number of benzene rings is 3. The summed E-state index contributed by atoms with van der Waals surface area (Å²) in [5.41, 5.74) is 2.16. The van der Waals surface area contributed by atoms with E-state index in [1.54, 1.807) is 12.1 Å². The predicted octanol–water partition coefficient (Wildman–Crippen LogP) is 6.72. The van der Waals surface area contributed by atoms with E-state index in [0.29, 0.717) is 28.8 Å². The highest BCUT2D eigenvalue weighted by Gasteiger charge is 2.18. The van der Waals surface area contributed by atoms with E-state index in [2.05, 4.69) is 28.8 Å². The van der Waals surface area contributed by atoms with Crippen molar-refractivity contribution in [3.05, 3.63) is 78.9 Å². The topological polar surface area (TPSA) is 94.4 Å². The number of phenolic OH excluding ortho intramolecular Hbond substituents is 1. The van der Waals surface area contributed by atoms with E-state index in [1.165, 1.54) is 6.07 Å². The maximum atomic E-state index is 12.3. The van der Waals surface area contributed by atoms with Crippen LogP contribution in [0.15, 0.2) is 78.9 Å². The van der Waals surface area contributed by atoms with E-state index in [1.807, 2.05) is 60.7 Å². The van der Waals surface area contributed by atoms with Crippen LogP contribution < -0.4 is 4.74 Å². The summed E-state index contributed by atoms with van der Waals surface area (Å²) in [5.74, 6) is 1.59. The smallest absolute Gasteiger partial charge is 0.309 e. The van der Waals surface area contributed by atoms with Crippen molar-refractivity contribution >= 4 is 5.97 Å². The molecule has 0 aliphatic heterocycles. The van der Waals surface area contributed by atoms with Crippen molar-refractivity contribution in [2.75, 3.05) is 13.2 Å². The van der Waals surface area contributed by atoms with Crippen LogP contribution in [0.2, 0.25) is 0 Å². The quantitative estimate of drug-likeness (QED) is 0.167. The lowest BCUT2D eigenvalue weighted by Gasteiger charge is -2.15. The van der Waals surface area contributed by atoms with Gasteiger partial charge in [0.25, 0.3) is 0 Å². The summed E-state index contributed by atoms with van der Waals surface area (Å²) in [5, 5.41) is 10.8. The van der Waals surface area contributed by atoms with Crippen LogP contribution in [0.25, 0.3) is 34.2 Å². The molecule has 0 unspecified atom stereocenters. The van der Waals surface area contributed by atoms with Crippen molar-refractivity contribution in [2.45, 2.75) is 39.5 Å². The van der Waals surface area contributed by atoms with Crippen molar-refractivity contribution in [3.8, 4) is 45.7 Å². The minimum Gasteiger partial charge on any atom is -0.507 e. The summed E-state index contributed by atoms with van der Waals surface area (Å²) < 4.78 is 11.1. The zero-order valence-electron chi connectivity index (χ0n) is 21.8. The molecule has 3 aromatic carbocycles. The molecule has 1 N–H and O–H groups in total. The average molecular weight is 512 g/mol. The highest BCUT2D eigenvalue weighted by Crippen LogP contribution is 2.32. The minimum absolute atomic E-state index is 0.0188. The number of esters is 1. The number of nitrogens with zero attached hydrogens (tertiary/aromatic N) is 3. The lowest BCUT2D eigenvalue weighted by atomic mass is 9.99. The molecule has 0 aliphatic carbocycles. The highest BCUT2D eigenvalue weighted by molar-refractivity contribution is 5.72. The van der Waals surface area contributed by atoms with Gasteiger partial charge in [0.05, 0.1) is 11.5 Å². The molecule has 38 heavy (non-hydrogen) atoms. The largest absolute Gasteiger partial charge is 0.507 e. The van der Waals surface area contributed by atoms with Gasteiger partial charge in [-0.3, -0.25) is 4.79 Å². The molecule has 1 aromatic heterocycles. The Hall–Kier alpha value is -4.26. The Morgan fingerprint density at radius 1 is 0.763 bits per heavy atom. The standard InChI is InChI=1S/C31H33N3O4/c1-3-11-24(12-4-2)31(36)38-20-19-37-25-17-18-26(27(35)21-25)30-33-28(22-13-7-5-8-14-22)32-29(34-30)23-15-9-6-10-16-23/h5-10,13-18,21,24,35H,3-4,11-12,19-20H2,1-2H3. The Morgan fingerprint density at radius 2 is 1.32 bits per heavy atom. The number of carbonyl (C=O) groups excluding carboxylic acids is 1. The first-order valence-electron chi connectivity index (χ1n) is 13.1. The summed E-state index contributed by atoms with van der Waals surface area (Å²) in [4.78, 5) is 26.3. The zero-order valence-corrected chi connectivity index (χ0v) is 21.8. The van der Waals surface area contributed by atoms with Gasteiger partial charge >= 0.3 is 5.97 Å². The Morgan fingerprint density at radius 3 is 1.84 bits per heavy atom. The molecule has 0 amide bonds. The zero-order chi connectivity index (χ0) is 26.7. The first kappa shape index (κ1) is 26.8. The number of rotatable bonds is 12. The van der Waals surface area contributed by atoms with Crippen LogP contribution in [0.1, 0.15) is 39.5 Å². The summed E-state index contributed by atoms with van der Waals surface area (Å²) in [6.45, 7) is 4.48. The molecule has 196 valence electrons. The van der Waals surface area contributed by atoms with Crippen molar-refractivity contribution in [2.24, 2.45) is 5.92 Å². The number of aromatic nitrogens is 3. The van der Waals surface area contributed by atoms with Crippen molar-refractivity contribution < 1.29 is 19.4 Å². The first-order chi connectivity index (χ1) is 18.6. The van der Waals surface area contributed by atoms with Gasteiger partial charge in [-0.05, 0) is 25.0 Å². The number of phenols is 1. The Kier molecular flexibility index (Phi) is 9.40. The second kappa shape index (κ2) is 13.3. The molecule has 4 aromatic rings. The summed E-state index contributed by atoms with van der Waals surface area (Å²) in [6, 6.07) is 24.3. The Balaban J connectivity index is 1.50. The van der Waals surface area contributed by atoms with Crippen LogP contribution in [0.4, 0.5) is 0 Å². The van der Waals surface area contributed by atoms with Crippen LogP contribution in [0.5, 0.6) is 11.5 Å². The third kappa shape index (κ3) is 6.94. The summed E-state index contributed by atoms with van der Waals surface area (Å²) in [6.07, 6.45) is 3.56. The van der Waals surface area contributed by atoms with Gasteiger partial charge in [-0.1, -0.05) is 87.4 Å². The van der Waals surface area contributed by atoms with Gasteiger partial charge in [0, 0.05) is 17.2 Å². The van der Waals surface area contributed by atoms with Crippen molar-refractivity contribution in [1.82, 2.24) is 15.0 Å². The molecule has 0 radical (unpaired) electrons. The van der Waals surface area contributed by atoms with Gasteiger partial charge in [-0.15, -0.1) is 0 Å². The fourth-order valence-electron chi connectivity index (χ4n) is 4.22. The van der Waals surface area contributed by atoms with Gasteiger partial charge < -0.3 is 14.6 Å². The molecular formula is C31H33N3O4. The maximum absolute atomic E-state index is 12.3. The van der Waals surface area contributed by atoms with Gasteiger partial charge in [0.2, 0.25) is 0 Å². The highest BCUT2D eigenvalue weighted by atomic mass is 16.6. The minimum atomic E-state index is -0.172. The average Bonchev–Trinajstić information content (AvgIpc) is 2.96. The van der Waals surface area contributed by atoms with E-state index in [-0.39, 0.29) is 30.9 Å². The molecule has 0 aliphatic rings. The van der Waals surface area contributed by atoms with Crippen LogP contribution in [-0.4, -0.2) is 39.2 Å². The van der Waals surface area contributed by atoms with Crippen LogP contribution in [-0.2, 0) is 9.53 Å². The molecule has 1 heterocycles. The fraction of sp³-hybridized carbons (Fsp3) is 0.290. The molecule has 0 saturated carbocycles. The molecule has 0 saturated heterocycles. The number of hydrogen-bond acceptors (Lipinski definition) is 7. The lowest BCUT2D eigenvalue weighted by molar-refractivity contribution is -0.149. The van der Waals surface area contributed by atoms with E-state index < -0.39 is 0 Å². The molecular weight excluding hydrogens is 478 g/mol. The third-order valence-corrected chi connectivity index (χ3v) is 6.11. The first-order valence-corrected chi connectivity index (χ1v) is 13.1. The maximum Gasteiger partial charge on any atom is 0.309 e. The molecule has 0 bridgehead atoms. The molecule has 0 spiro atoms. The van der Waals surface area contributed by atoms with Crippen molar-refractivity contribution in [3.63, 3.8) is 0 Å². The molecule has 0 atom stereocenters. The van der Waals surface area contributed by atoms with E-state index in [9.17, 15) is 9.90 Å². The Labute approximate surface area is 223 Å². The SMILES string of the molecule is CCCC(CCC)C(=O)OCCOc1ccc(-c2nc(-c3ccccc3)nc(-c3ccccc3)n2)c(O)c1. The van der Waals surface area contributed by atoms with E-state index >= 15 is 0 Å². The lowest BCUT2D eigenvalue weighted by Crippen LogP contribution is -2.20. The van der Waals surface area contributed by atoms with Crippen LogP contribution in [0, 0.1) is 5.92 Å². The predicted molar refractivity (Wildman–Crippen MR) is 148 cm³/mol. The fourth-order valence-corrected chi connectivity index (χ4v) is 4.22. The third-order valence-electron chi connectivity index (χ3n) is 6.11. The number of ether oxygens (including phenoxy) is 2. The van der Waals surface area contributed by atoms with Crippen molar-refractivity contribution in [1.29, 1.82) is 0 Å². The monoisotopic (exact) mass is 511 g/mol. The normalized spacial score (nSPS) is 10.9. The summed E-state index contributed by atoms with van der Waals surface area (Å²) >= 11 is 0. The second-order valence-corrected chi connectivity index (χ2v) is 9.01.